The van der Waals surface area contributed by atoms with Crippen LogP contribution in [0.1, 0.15) is 18.5 Å². The summed E-state index contributed by atoms with van der Waals surface area (Å²) in [6.07, 6.45) is 1.48. The quantitative estimate of drug-likeness (QED) is 0.765. The number of rotatable bonds is 4. The first-order chi connectivity index (χ1) is 12.5. The monoisotopic (exact) mass is 368 g/mol. The molecular formula is C19H17ClN4O2. The second kappa shape index (κ2) is 7.49. The highest BCUT2D eigenvalue weighted by atomic mass is 35.5. The summed E-state index contributed by atoms with van der Waals surface area (Å²) in [5, 5.41) is 7.49. The van der Waals surface area contributed by atoms with Crippen molar-refractivity contribution in [3.8, 4) is 11.3 Å². The van der Waals surface area contributed by atoms with Crippen LogP contribution in [0.5, 0.6) is 0 Å². The molecule has 0 bridgehead atoms. The van der Waals surface area contributed by atoms with Crippen molar-refractivity contribution >= 4 is 23.2 Å². The maximum Gasteiger partial charge on any atom is 0.365 e. The van der Waals surface area contributed by atoms with E-state index in [1.54, 1.807) is 25.1 Å². The van der Waals surface area contributed by atoms with E-state index in [1.165, 1.54) is 6.20 Å². The molecule has 0 saturated heterocycles. The first kappa shape index (κ1) is 17.8. The number of hydrogen-bond donors (Lipinski definition) is 1. The fraction of sp³-hybridized carbons (Fsp3) is 0.158. The number of carbonyl (C=O) groups excluding carboxylic acids is 1. The van der Waals surface area contributed by atoms with E-state index in [1.807, 2.05) is 37.3 Å². The molecule has 6 nitrogen and oxygen atoms in total. The summed E-state index contributed by atoms with van der Waals surface area (Å²) in [5.74, 6) is -0.362. The highest BCUT2D eigenvalue weighted by Crippen LogP contribution is 2.20. The molecule has 3 aromatic rings. The molecule has 3 rings (SSSR count). The Hall–Kier alpha value is -2.99. The van der Waals surface area contributed by atoms with Crippen LogP contribution in [-0.2, 0) is 4.79 Å². The lowest BCUT2D eigenvalue weighted by Gasteiger charge is -2.15. The lowest BCUT2D eigenvalue weighted by molar-refractivity contribution is -0.119. The van der Waals surface area contributed by atoms with Crippen LogP contribution in [0.3, 0.4) is 0 Å². The van der Waals surface area contributed by atoms with Crippen molar-refractivity contribution in [2.24, 2.45) is 0 Å². The number of aryl methyl sites for hydroxylation is 1. The van der Waals surface area contributed by atoms with Crippen LogP contribution in [0.15, 0.2) is 59.5 Å². The number of benzene rings is 2. The summed E-state index contributed by atoms with van der Waals surface area (Å²) in [4.78, 5) is 28.8. The van der Waals surface area contributed by atoms with E-state index in [2.05, 4.69) is 15.4 Å². The molecule has 26 heavy (non-hydrogen) atoms. The van der Waals surface area contributed by atoms with Gasteiger partial charge in [0.1, 0.15) is 6.04 Å². The van der Waals surface area contributed by atoms with Gasteiger partial charge >= 0.3 is 5.69 Å². The summed E-state index contributed by atoms with van der Waals surface area (Å²) in [6, 6.07) is 13.6. The van der Waals surface area contributed by atoms with Gasteiger partial charge in [0.25, 0.3) is 0 Å². The molecule has 0 fully saturated rings. The second-order valence-electron chi connectivity index (χ2n) is 5.86. The van der Waals surface area contributed by atoms with Crippen LogP contribution in [0, 0.1) is 6.92 Å². The van der Waals surface area contributed by atoms with Gasteiger partial charge < -0.3 is 5.32 Å². The van der Waals surface area contributed by atoms with E-state index in [9.17, 15) is 9.59 Å². The van der Waals surface area contributed by atoms with Crippen LogP contribution in [0.2, 0.25) is 5.02 Å². The maximum atomic E-state index is 12.5. The highest BCUT2D eigenvalue weighted by molar-refractivity contribution is 6.30. The van der Waals surface area contributed by atoms with Gasteiger partial charge in [-0.1, -0.05) is 41.9 Å². The number of amides is 1. The Morgan fingerprint density at radius 1 is 1.19 bits per heavy atom. The van der Waals surface area contributed by atoms with E-state index >= 15 is 0 Å². The normalized spacial score (nSPS) is 11.8. The summed E-state index contributed by atoms with van der Waals surface area (Å²) >= 11 is 5.92. The standard InChI is InChI=1S/C19H17ClN4O2/c1-12-10-15(20)8-9-16(12)22-18(25)13(2)24-19(26)23-17(11-21-24)14-6-4-3-5-7-14/h3-11,13H,1-2H3,(H,22,25)/t13-/m1/s1. The fourth-order valence-electron chi connectivity index (χ4n) is 2.48. The van der Waals surface area contributed by atoms with Crippen molar-refractivity contribution in [3.63, 3.8) is 0 Å². The molecule has 1 aromatic heterocycles. The third-order valence-electron chi connectivity index (χ3n) is 3.98. The summed E-state index contributed by atoms with van der Waals surface area (Å²) in [7, 11) is 0. The number of nitrogens with one attached hydrogen (secondary N) is 1. The topological polar surface area (TPSA) is 76.9 Å². The first-order valence-electron chi connectivity index (χ1n) is 8.04. The van der Waals surface area contributed by atoms with Gasteiger partial charge in [0, 0.05) is 16.3 Å². The van der Waals surface area contributed by atoms with Gasteiger partial charge in [-0.15, -0.1) is 0 Å². The first-order valence-corrected chi connectivity index (χ1v) is 8.42. The van der Waals surface area contributed by atoms with Gasteiger partial charge in [0.05, 0.1) is 11.9 Å². The minimum atomic E-state index is -0.810. The molecular weight excluding hydrogens is 352 g/mol. The molecule has 7 heteroatoms. The van der Waals surface area contributed by atoms with Gasteiger partial charge in [0.15, 0.2) is 0 Å². The van der Waals surface area contributed by atoms with E-state index in [4.69, 9.17) is 11.6 Å². The number of halogens is 1. The van der Waals surface area contributed by atoms with E-state index < -0.39 is 11.7 Å². The number of nitrogens with zero attached hydrogens (tertiary/aromatic N) is 3. The fourth-order valence-corrected chi connectivity index (χ4v) is 2.71. The molecule has 132 valence electrons. The molecule has 0 aliphatic carbocycles. The van der Waals surface area contributed by atoms with Crippen molar-refractivity contribution in [2.45, 2.75) is 19.9 Å². The zero-order chi connectivity index (χ0) is 18.7. The summed E-state index contributed by atoms with van der Waals surface area (Å²) < 4.78 is 1.06. The Bertz CT molecular complexity index is 1000. The molecule has 0 saturated carbocycles. The van der Waals surface area contributed by atoms with Crippen molar-refractivity contribution in [2.75, 3.05) is 5.32 Å². The highest BCUT2D eigenvalue weighted by Gasteiger charge is 2.19. The third kappa shape index (κ3) is 3.81. The van der Waals surface area contributed by atoms with Crippen LogP contribution in [-0.4, -0.2) is 20.7 Å². The Labute approximate surface area is 155 Å². The zero-order valence-corrected chi connectivity index (χ0v) is 15.1. The van der Waals surface area contributed by atoms with Gasteiger partial charge in [-0.3, -0.25) is 4.79 Å². The van der Waals surface area contributed by atoms with E-state index in [0.717, 1.165) is 15.8 Å². The predicted molar refractivity (Wildman–Crippen MR) is 101 cm³/mol. The van der Waals surface area contributed by atoms with Crippen molar-refractivity contribution < 1.29 is 4.79 Å². The van der Waals surface area contributed by atoms with Gasteiger partial charge in [-0.2, -0.15) is 10.1 Å². The summed E-state index contributed by atoms with van der Waals surface area (Å²) in [5.41, 5.74) is 2.14. The molecule has 0 aliphatic heterocycles. The smallest absolute Gasteiger partial charge is 0.324 e. The van der Waals surface area contributed by atoms with Crippen LogP contribution >= 0.6 is 11.6 Å². The Balaban J connectivity index is 1.82. The van der Waals surface area contributed by atoms with Crippen LogP contribution in [0.25, 0.3) is 11.3 Å². The average molecular weight is 369 g/mol. The van der Waals surface area contributed by atoms with Gasteiger partial charge in [0.2, 0.25) is 5.91 Å². The molecule has 1 N–H and O–H groups in total. The maximum absolute atomic E-state index is 12.5. The van der Waals surface area contributed by atoms with E-state index in [0.29, 0.717) is 16.4 Å². The largest absolute Gasteiger partial charge is 0.365 e. The molecule has 0 radical (unpaired) electrons. The Kier molecular flexibility index (Phi) is 5.14. The Morgan fingerprint density at radius 3 is 2.58 bits per heavy atom. The van der Waals surface area contributed by atoms with Crippen LogP contribution in [0.4, 0.5) is 5.69 Å². The lowest BCUT2D eigenvalue weighted by Crippen LogP contribution is -2.35. The number of aromatic nitrogens is 3. The number of carbonyl (C=O) groups is 1. The van der Waals surface area contributed by atoms with Gasteiger partial charge in [-0.25, -0.2) is 9.48 Å². The molecule has 2 aromatic carbocycles. The molecule has 1 amide bonds. The second-order valence-corrected chi connectivity index (χ2v) is 6.30. The minimum absolute atomic E-state index is 0.362. The molecule has 0 unspecified atom stereocenters. The van der Waals surface area contributed by atoms with Crippen molar-refractivity contribution in [1.29, 1.82) is 0 Å². The predicted octanol–water partition coefficient (Wildman–Crippen LogP) is 3.47. The van der Waals surface area contributed by atoms with Crippen molar-refractivity contribution in [3.05, 3.63) is 75.8 Å². The lowest BCUT2D eigenvalue weighted by atomic mass is 10.2. The average Bonchev–Trinajstić information content (AvgIpc) is 2.64. The number of anilines is 1. The zero-order valence-electron chi connectivity index (χ0n) is 14.3. The Morgan fingerprint density at radius 2 is 1.92 bits per heavy atom. The molecule has 0 aliphatic rings. The number of hydrogen-bond acceptors (Lipinski definition) is 4. The van der Waals surface area contributed by atoms with Gasteiger partial charge in [-0.05, 0) is 37.6 Å². The molecule has 1 heterocycles. The third-order valence-corrected chi connectivity index (χ3v) is 4.21. The van der Waals surface area contributed by atoms with Crippen molar-refractivity contribution in [1.82, 2.24) is 14.8 Å². The SMILES string of the molecule is Cc1cc(Cl)ccc1NC(=O)[C@@H](C)n1ncc(-c2ccccc2)nc1=O. The van der Waals surface area contributed by atoms with E-state index in [-0.39, 0.29) is 5.91 Å². The summed E-state index contributed by atoms with van der Waals surface area (Å²) in [6.45, 7) is 3.44. The minimum Gasteiger partial charge on any atom is -0.324 e. The van der Waals surface area contributed by atoms with Crippen LogP contribution < -0.4 is 11.0 Å². The molecule has 0 spiro atoms. The molecule has 1 atom stereocenters.